The average Bonchev–Trinajstić information content (AvgIpc) is 3.20. The zero-order valence-corrected chi connectivity index (χ0v) is 39.3. The van der Waals surface area contributed by atoms with Gasteiger partial charge in [0.2, 0.25) is 0 Å². The third-order valence-corrected chi connectivity index (χ3v) is 10.1. The number of allylic oxidation sites excluding steroid dienone is 16. The van der Waals surface area contributed by atoms with E-state index in [4.69, 9.17) is 18.5 Å². The lowest BCUT2D eigenvalue weighted by atomic mass is 10.1. The Bertz CT molecular complexity index is 1340. The fourth-order valence-electron chi connectivity index (χ4n) is 5.51. The Morgan fingerprint density at radius 3 is 1.42 bits per heavy atom. The van der Waals surface area contributed by atoms with Gasteiger partial charge in [0.1, 0.15) is 19.8 Å². The van der Waals surface area contributed by atoms with E-state index >= 15 is 0 Å². The SMILES string of the molecule is CC/C=C/C/C=C/C/C=C/C/C=C/C/C=C/CCCCCC(=O)OC[C@H](COP(=O)([O-])OCC[N+](C)(C)C)OC(=O)CCCCCC/C=C/C/C=C/C/C=C/CCCCC. The molecule has 0 saturated heterocycles. The zero-order chi connectivity index (χ0) is 44.3. The Balaban J connectivity index is 4.47. The molecule has 2 atom stereocenters. The van der Waals surface area contributed by atoms with Crippen LogP contribution in [0.25, 0.3) is 0 Å². The molecular weight excluding hydrogens is 774 g/mol. The highest BCUT2D eigenvalue weighted by atomic mass is 31.2. The van der Waals surface area contributed by atoms with E-state index in [1.54, 1.807) is 0 Å². The number of carbonyl (C=O) groups is 2. The predicted octanol–water partition coefficient (Wildman–Crippen LogP) is 12.7. The van der Waals surface area contributed by atoms with Gasteiger partial charge in [0, 0.05) is 12.8 Å². The summed E-state index contributed by atoms with van der Waals surface area (Å²) in [5, 5.41) is 0. The molecule has 0 saturated carbocycles. The van der Waals surface area contributed by atoms with Gasteiger partial charge in [-0.2, -0.15) is 0 Å². The first-order valence-corrected chi connectivity index (χ1v) is 24.4. The van der Waals surface area contributed by atoms with Crippen LogP contribution in [0.2, 0.25) is 0 Å². The number of hydrogen-bond acceptors (Lipinski definition) is 8. The molecule has 1 unspecified atom stereocenters. The largest absolute Gasteiger partial charge is 0.756 e. The van der Waals surface area contributed by atoms with Crippen LogP contribution in [0.3, 0.4) is 0 Å². The van der Waals surface area contributed by atoms with Crippen molar-refractivity contribution in [2.75, 3.05) is 47.5 Å². The third-order valence-electron chi connectivity index (χ3n) is 9.09. The Morgan fingerprint density at radius 2 is 0.950 bits per heavy atom. The summed E-state index contributed by atoms with van der Waals surface area (Å²) in [7, 11) is 1.11. The van der Waals surface area contributed by atoms with Crippen molar-refractivity contribution in [1.82, 2.24) is 0 Å². The van der Waals surface area contributed by atoms with E-state index in [2.05, 4.69) is 111 Å². The molecule has 0 aliphatic carbocycles. The highest BCUT2D eigenvalue weighted by Gasteiger charge is 2.21. The molecule has 60 heavy (non-hydrogen) atoms. The van der Waals surface area contributed by atoms with Crippen molar-refractivity contribution in [3.05, 3.63) is 97.2 Å². The van der Waals surface area contributed by atoms with Gasteiger partial charge in [-0.05, 0) is 96.3 Å². The van der Waals surface area contributed by atoms with Crippen molar-refractivity contribution < 1.29 is 42.1 Å². The van der Waals surface area contributed by atoms with Gasteiger partial charge in [-0.1, -0.05) is 143 Å². The predicted molar refractivity (Wildman–Crippen MR) is 249 cm³/mol. The van der Waals surface area contributed by atoms with Crippen molar-refractivity contribution in [2.24, 2.45) is 0 Å². The fraction of sp³-hybridized carbons (Fsp3) is 0.640. The first kappa shape index (κ1) is 56.9. The molecule has 0 aromatic heterocycles. The number of phosphoric ester groups is 1. The van der Waals surface area contributed by atoms with Crippen LogP contribution in [0.5, 0.6) is 0 Å². The molecule has 0 fully saturated rings. The van der Waals surface area contributed by atoms with Gasteiger partial charge in [0.25, 0.3) is 7.82 Å². The van der Waals surface area contributed by atoms with Gasteiger partial charge < -0.3 is 27.9 Å². The lowest BCUT2D eigenvalue weighted by Gasteiger charge is -2.28. The number of ether oxygens (including phenoxy) is 2. The lowest BCUT2D eigenvalue weighted by molar-refractivity contribution is -0.870. The molecule has 0 N–H and O–H groups in total. The number of nitrogens with zero attached hydrogens (tertiary/aromatic N) is 1. The van der Waals surface area contributed by atoms with E-state index in [0.29, 0.717) is 23.9 Å². The summed E-state index contributed by atoms with van der Waals surface area (Å²) in [6, 6.07) is 0. The Labute approximate surface area is 366 Å². The Morgan fingerprint density at radius 1 is 0.533 bits per heavy atom. The van der Waals surface area contributed by atoms with E-state index in [0.717, 1.165) is 89.9 Å². The first-order valence-electron chi connectivity index (χ1n) is 22.9. The number of phosphoric acid groups is 1. The number of hydrogen-bond donors (Lipinski definition) is 0. The molecule has 0 aliphatic rings. The van der Waals surface area contributed by atoms with Crippen LogP contribution >= 0.6 is 7.82 Å². The van der Waals surface area contributed by atoms with E-state index in [1.807, 2.05) is 21.1 Å². The molecule has 0 amide bonds. The minimum Gasteiger partial charge on any atom is -0.756 e. The van der Waals surface area contributed by atoms with Crippen LogP contribution in [0.4, 0.5) is 0 Å². The molecule has 0 radical (unpaired) electrons. The van der Waals surface area contributed by atoms with E-state index in [-0.39, 0.29) is 26.1 Å². The Hall–Kier alpha value is -3.07. The van der Waals surface area contributed by atoms with Crippen molar-refractivity contribution in [3.8, 4) is 0 Å². The van der Waals surface area contributed by atoms with Gasteiger partial charge in [0.05, 0.1) is 27.7 Å². The molecule has 0 rings (SSSR count). The first-order chi connectivity index (χ1) is 29.0. The Kier molecular flexibility index (Phi) is 39.2. The van der Waals surface area contributed by atoms with Crippen molar-refractivity contribution in [3.63, 3.8) is 0 Å². The van der Waals surface area contributed by atoms with Crippen molar-refractivity contribution >= 4 is 19.8 Å². The van der Waals surface area contributed by atoms with Gasteiger partial charge in [-0.3, -0.25) is 14.2 Å². The molecule has 9 nitrogen and oxygen atoms in total. The molecular formula is C50H84NO8P. The molecule has 0 aromatic rings. The minimum atomic E-state index is -4.65. The normalized spacial score (nSPS) is 14.4. The number of rotatable bonds is 40. The molecule has 10 heteroatoms. The molecule has 0 heterocycles. The van der Waals surface area contributed by atoms with Crippen molar-refractivity contribution in [1.29, 1.82) is 0 Å². The number of likely N-dealkylation sites (N-methyl/N-ethyl adjacent to an activating group) is 1. The van der Waals surface area contributed by atoms with Gasteiger partial charge in [-0.25, -0.2) is 0 Å². The van der Waals surface area contributed by atoms with E-state index in [1.165, 1.54) is 25.7 Å². The van der Waals surface area contributed by atoms with Gasteiger partial charge in [-0.15, -0.1) is 0 Å². The third kappa shape index (κ3) is 44.5. The fourth-order valence-corrected chi connectivity index (χ4v) is 6.24. The second-order valence-electron chi connectivity index (χ2n) is 16.0. The smallest absolute Gasteiger partial charge is 0.306 e. The van der Waals surface area contributed by atoms with E-state index in [9.17, 15) is 19.0 Å². The average molecular weight is 858 g/mol. The van der Waals surface area contributed by atoms with Gasteiger partial charge in [0.15, 0.2) is 6.10 Å². The molecule has 342 valence electrons. The highest BCUT2D eigenvalue weighted by molar-refractivity contribution is 7.45. The van der Waals surface area contributed by atoms with Crippen LogP contribution in [0.15, 0.2) is 97.2 Å². The molecule has 0 aliphatic heterocycles. The summed E-state index contributed by atoms with van der Waals surface area (Å²) >= 11 is 0. The maximum atomic E-state index is 12.7. The maximum absolute atomic E-state index is 12.7. The van der Waals surface area contributed by atoms with Crippen LogP contribution in [-0.4, -0.2) is 70.0 Å². The lowest BCUT2D eigenvalue weighted by Crippen LogP contribution is -2.37. The van der Waals surface area contributed by atoms with Crippen LogP contribution in [0.1, 0.15) is 155 Å². The summed E-state index contributed by atoms with van der Waals surface area (Å²) in [6.45, 7) is 3.99. The number of esters is 2. The second-order valence-corrected chi connectivity index (χ2v) is 17.4. The minimum absolute atomic E-state index is 0.0469. The molecule has 0 bridgehead atoms. The highest BCUT2D eigenvalue weighted by Crippen LogP contribution is 2.38. The standard InChI is InChI=1S/C50H84NO8P/c1-6-8-10-12-14-16-18-20-22-24-25-27-28-30-32-34-36-38-40-42-49(52)56-46-48(47-58-60(54,55)57-45-44-51(3,4)5)59-50(53)43-41-39-37-35-33-31-29-26-23-21-19-17-15-13-11-9-7-2/h8,10,14-17,20-23,25,27,29-32,48H,6-7,9,11-13,18-19,24,26,28,33-47H2,1-5H3/b10-8+,16-14+,17-15+,22-20+,23-21+,27-25+,31-29+,32-30+/t48-/m1/s1. The number of quaternary nitrogens is 1. The molecule has 0 spiro atoms. The summed E-state index contributed by atoms with van der Waals surface area (Å²) in [5.41, 5.74) is 0. The van der Waals surface area contributed by atoms with Crippen LogP contribution < -0.4 is 4.89 Å². The quantitative estimate of drug-likeness (QED) is 0.0197. The van der Waals surface area contributed by atoms with Crippen LogP contribution in [-0.2, 0) is 32.7 Å². The maximum Gasteiger partial charge on any atom is 0.306 e. The summed E-state index contributed by atoms with van der Waals surface area (Å²) in [6.07, 6.45) is 54.3. The van der Waals surface area contributed by atoms with Crippen molar-refractivity contribution in [2.45, 2.75) is 161 Å². The second kappa shape index (κ2) is 41.3. The summed E-state index contributed by atoms with van der Waals surface area (Å²) < 4.78 is 33.9. The molecule has 0 aromatic carbocycles. The summed E-state index contributed by atoms with van der Waals surface area (Å²) in [5.74, 6) is -0.908. The monoisotopic (exact) mass is 858 g/mol. The van der Waals surface area contributed by atoms with E-state index < -0.39 is 32.5 Å². The topological polar surface area (TPSA) is 111 Å². The number of unbranched alkanes of at least 4 members (excludes halogenated alkanes) is 10. The summed E-state index contributed by atoms with van der Waals surface area (Å²) in [4.78, 5) is 37.6. The van der Waals surface area contributed by atoms with Crippen LogP contribution in [0, 0.1) is 0 Å². The van der Waals surface area contributed by atoms with Gasteiger partial charge >= 0.3 is 11.9 Å². The number of carbonyl (C=O) groups excluding carboxylic acids is 2. The zero-order valence-electron chi connectivity index (χ0n) is 38.4.